The molecular weight excluding hydrogens is 310 g/mol. The average Bonchev–Trinajstić information content (AvgIpc) is 3.14. The first-order valence-corrected chi connectivity index (χ1v) is 6.99. The van der Waals surface area contributed by atoms with Gasteiger partial charge in [-0.2, -0.15) is 5.10 Å². The Bertz CT molecular complexity index is 860. The summed E-state index contributed by atoms with van der Waals surface area (Å²) in [4.78, 5) is 27.8. The highest BCUT2D eigenvalue weighted by Crippen LogP contribution is 2.14. The summed E-state index contributed by atoms with van der Waals surface area (Å²) in [6, 6.07) is 12.6. The predicted molar refractivity (Wildman–Crippen MR) is 84.4 cm³/mol. The Morgan fingerprint density at radius 1 is 0.958 bits per heavy atom. The summed E-state index contributed by atoms with van der Waals surface area (Å²) in [5, 5.41) is 13.6. The van der Waals surface area contributed by atoms with Crippen molar-refractivity contribution in [3.63, 3.8) is 0 Å². The van der Waals surface area contributed by atoms with Crippen LogP contribution in [-0.2, 0) is 0 Å². The molecule has 3 rings (SSSR count). The summed E-state index contributed by atoms with van der Waals surface area (Å²) >= 11 is 0. The lowest BCUT2D eigenvalue weighted by atomic mass is 10.2. The first-order valence-electron chi connectivity index (χ1n) is 6.99. The van der Waals surface area contributed by atoms with E-state index in [1.165, 1.54) is 18.5 Å². The van der Waals surface area contributed by atoms with Gasteiger partial charge in [0.05, 0.1) is 11.3 Å². The summed E-state index contributed by atoms with van der Waals surface area (Å²) in [5.74, 6) is -1.26. The number of carbonyl (C=O) groups is 2. The average molecular weight is 323 g/mol. The van der Waals surface area contributed by atoms with Gasteiger partial charge in [0.15, 0.2) is 0 Å². The van der Waals surface area contributed by atoms with Crippen molar-refractivity contribution < 1.29 is 14.7 Å². The Labute approximate surface area is 136 Å². The first kappa shape index (κ1) is 15.2. The molecule has 0 aliphatic rings. The van der Waals surface area contributed by atoms with Gasteiger partial charge in [0.2, 0.25) is 0 Å². The number of phenolic OH excluding ortho intramolecular Hbond substituents is 1. The van der Waals surface area contributed by atoms with Gasteiger partial charge in [-0.1, -0.05) is 12.1 Å². The quantitative estimate of drug-likeness (QED) is 0.624. The zero-order chi connectivity index (χ0) is 16.9. The second-order valence-corrected chi connectivity index (χ2v) is 4.81. The van der Waals surface area contributed by atoms with E-state index in [2.05, 4.69) is 20.9 Å². The van der Waals surface area contributed by atoms with E-state index in [1.807, 2.05) is 0 Å². The second kappa shape index (κ2) is 6.61. The minimum atomic E-state index is -0.610. The minimum Gasteiger partial charge on any atom is -0.507 e. The predicted octanol–water partition coefficient (Wildman–Crippen LogP) is 1.05. The fourth-order valence-electron chi connectivity index (χ4n) is 2.03. The van der Waals surface area contributed by atoms with Gasteiger partial charge in [0.25, 0.3) is 11.8 Å². The third-order valence-electron chi connectivity index (χ3n) is 3.25. The number of amides is 2. The van der Waals surface area contributed by atoms with Gasteiger partial charge in [-0.15, -0.1) is 0 Å². The van der Waals surface area contributed by atoms with Crippen LogP contribution in [0, 0.1) is 0 Å². The number of benzene rings is 2. The molecular formula is C16H13N5O3. The molecule has 8 heteroatoms. The molecule has 0 aliphatic heterocycles. The Morgan fingerprint density at radius 2 is 1.67 bits per heavy atom. The van der Waals surface area contributed by atoms with Crippen molar-refractivity contribution in [3.8, 4) is 11.4 Å². The standard InChI is InChI=1S/C16H13N5O3/c22-14-4-2-1-3-13(14)16(24)20-19-15(23)11-5-7-12(8-6-11)21-10-17-9-18-21/h1-10,22H,(H,19,23)(H,20,24). The van der Waals surface area contributed by atoms with Crippen LogP contribution in [-0.4, -0.2) is 31.7 Å². The maximum atomic E-state index is 12.0. The van der Waals surface area contributed by atoms with Crippen molar-refractivity contribution in [2.75, 3.05) is 0 Å². The van der Waals surface area contributed by atoms with Crippen molar-refractivity contribution in [1.82, 2.24) is 25.6 Å². The Hall–Kier alpha value is -3.68. The lowest BCUT2D eigenvalue weighted by Gasteiger charge is -2.09. The van der Waals surface area contributed by atoms with Gasteiger partial charge in [0.1, 0.15) is 18.4 Å². The molecule has 2 aromatic carbocycles. The summed E-state index contributed by atoms with van der Waals surface area (Å²) in [5.41, 5.74) is 5.73. The Kier molecular flexibility index (Phi) is 4.19. The SMILES string of the molecule is O=C(NNC(=O)c1ccccc1O)c1ccc(-n2cncn2)cc1. The van der Waals surface area contributed by atoms with E-state index in [4.69, 9.17) is 0 Å². The lowest BCUT2D eigenvalue weighted by molar-refractivity contribution is 0.0845. The molecule has 0 atom stereocenters. The van der Waals surface area contributed by atoms with E-state index in [9.17, 15) is 14.7 Å². The highest BCUT2D eigenvalue weighted by Gasteiger charge is 2.12. The maximum Gasteiger partial charge on any atom is 0.273 e. The second-order valence-electron chi connectivity index (χ2n) is 4.81. The molecule has 0 spiro atoms. The number of para-hydroxylation sites is 1. The van der Waals surface area contributed by atoms with E-state index >= 15 is 0 Å². The molecule has 0 unspecified atom stereocenters. The van der Waals surface area contributed by atoms with Gasteiger partial charge in [-0.25, -0.2) is 9.67 Å². The molecule has 120 valence electrons. The van der Waals surface area contributed by atoms with Crippen molar-refractivity contribution in [3.05, 3.63) is 72.3 Å². The lowest BCUT2D eigenvalue weighted by Crippen LogP contribution is -2.41. The molecule has 0 saturated heterocycles. The van der Waals surface area contributed by atoms with Crippen LogP contribution in [0.2, 0.25) is 0 Å². The summed E-state index contributed by atoms with van der Waals surface area (Å²) < 4.78 is 1.56. The number of hydrogen-bond donors (Lipinski definition) is 3. The normalized spacial score (nSPS) is 10.2. The topological polar surface area (TPSA) is 109 Å². The molecule has 3 N–H and O–H groups in total. The van der Waals surface area contributed by atoms with Crippen LogP contribution < -0.4 is 10.9 Å². The number of hydrazine groups is 1. The van der Waals surface area contributed by atoms with Crippen LogP contribution in [0.15, 0.2) is 61.2 Å². The highest BCUT2D eigenvalue weighted by molar-refractivity contribution is 6.00. The molecule has 1 aromatic heterocycles. The molecule has 8 nitrogen and oxygen atoms in total. The van der Waals surface area contributed by atoms with Crippen molar-refractivity contribution in [2.24, 2.45) is 0 Å². The summed E-state index contributed by atoms with van der Waals surface area (Å²) in [6.45, 7) is 0. The number of hydrogen-bond acceptors (Lipinski definition) is 5. The van der Waals surface area contributed by atoms with Gasteiger partial charge in [0, 0.05) is 5.56 Å². The van der Waals surface area contributed by atoms with Crippen LogP contribution in [0.5, 0.6) is 5.75 Å². The van der Waals surface area contributed by atoms with E-state index in [0.29, 0.717) is 5.56 Å². The number of nitrogens with zero attached hydrogens (tertiary/aromatic N) is 3. The maximum absolute atomic E-state index is 12.0. The van der Waals surface area contributed by atoms with E-state index in [0.717, 1.165) is 5.69 Å². The fraction of sp³-hybridized carbons (Fsp3) is 0. The van der Waals surface area contributed by atoms with Crippen molar-refractivity contribution in [1.29, 1.82) is 0 Å². The molecule has 0 fully saturated rings. The van der Waals surface area contributed by atoms with Gasteiger partial charge in [-0.05, 0) is 36.4 Å². The highest BCUT2D eigenvalue weighted by atomic mass is 16.3. The smallest absolute Gasteiger partial charge is 0.273 e. The largest absolute Gasteiger partial charge is 0.507 e. The van der Waals surface area contributed by atoms with Crippen LogP contribution in [0.4, 0.5) is 0 Å². The number of nitrogens with one attached hydrogen (secondary N) is 2. The number of carbonyl (C=O) groups excluding carboxylic acids is 2. The van der Waals surface area contributed by atoms with Gasteiger partial charge >= 0.3 is 0 Å². The van der Waals surface area contributed by atoms with Crippen LogP contribution >= 0.6 is 0 Å². The van der Waals surface area contributed by atoms with Gasteiger partial charge < -0.3 is 5.11 Å². The van der Waals surface area contributed by atoms with Gasteiger partial charge in [-0.3, -0.25) is 20.4 Å². The third-order valence-corrected chi connectivity index (χ3v) is 3.25. The molecule has 2 amide bonds. The van der Waals surface area contributed by atoms with Crippen LogP contribution in [0.25, 0.3) is 5.69 Å². The Morgan fingerprint density at radius 3 is 2.33 bits per heavy atom. The molecule has 0 saturated carbocycles. The van der Waals surface area contributed by atoms with E-state index in [1.54, 1.807) is 47.4 Å². The number of aromatic hydroxyl groups is 1. The molecule has 3 aromatic rings. The number of aromatic nitrogens is 3. The molecule has 24 heavy (non-hydrogen) atoms. The third kappa shape index (κ3) is 3.22. The Balaban J connectivity index is 1.63. The number of phenols is 1. The van der Waals surface area contributed by atoms with E-state index in [-0.39, 0.29) is 11.3 Å². The minimum absolute atomic E-state index is 0.0688. The fourth-order valence-corrected chi connectivity index (χ4v) is 2.03. The molecule has 1 heterocycles. The summed E-state index contributed by atoms with van der Waals surface area (Å²) in [6.07, 6.45) is 2.96. The van der Waals surface area contributed by atoms with Crippen molar-refractivity contribution >= 4 is 11.8 Å². The summed E-state index contributed by atoms with van der Waals surface area (Å²) in [7, 11) is 0. The zero-order valence-electron chi connectivity index (χ0n) is 12.4. The molecule has 0 aliphatic carbocycles. The monoisotopic (exact) mass is 323 g/mol. The van der Waals surface area contributed by atoms with E-state index < -0.39 is 11.8 Å². The first-order chi connectivity index (χ1) is 11.6. The van der Waals surface area contributed by atoms with Crippen LogP contribution in [0.1, 0.15) is 20.7 Å². The zero-order valence-corrected chi connectivity index (χ0v) is 12.4. The molecule has 0 bridgehead atoms. The van der Waals surface area contributed by atoms with Crippen molar-refractivity contribution in [2.45, 2.75) is 0 Å². The van der Waals surface area contributed by atoms with Crippen LogP contribution in [0.3, 0.4) is 0 Å². The number of rotatable bonds is 3. The molecule has 0 radical (unpaired) electrons.